The molecule has 0 unspecified atom stereocenters. The van der Waals surface area contributed by atoms with E-state index in [0.717, 1.165) is 12.8 Å². The maximum Gasteiger partial charge on any atom is 0.162 e. The van der Waals surface area contributed by atoms with Crippen LogP contribution in [0.5, 0.6) is 11.5 Å². The minimum Gasteiger partial charge on any atom is -0.493 e. The third-order valence-corrected chi connectivity index (χ3v) is 2.70. The van der Waals surface area contributed by atoms with Crippen molar-refractivity contribution in [3.05, 3.63) is 23.8 Å². The monoisotopic (exact) mass is 254 g/mol. The van der Waals surface area contributed by atoms with Crippen LogP contribution in [-0.2, 0) is 0 Å². The summed E-state index contributed by atoms with van der Waals surface area (Å²) >= 11 is 0. The maximum absolute atomic E-state index is 8.80. The van der Waals surface area contributed by atoms with Crippen molar-refractivity contribution in [2.24, 2.45) is 5.73 Å². The van der Waals surface area contributed by atoms with Crippen LogP contribution in [0.25, 0.3) is 0 Å². The van der Waals surface area contributed by atoms with Gasteiger partial charge in [-0.3, -0.25) is 0 Å². The fourth-order valence-electron chi connectivity index (χ4n) is 1.39. The Kier molecular flexibility index (Phi) is 4.22. The Labute approximate surface area is 107 Å². The van der Waals surface area contributed by atoms with Crippen LogP contribution < -0.4 is 15.2 Å². The van der Waals surface area contributed by atoms with Gasteiger partial charge in [0.1, 0.15) is 6.61 Å². The first-order valence-corrected chi connectivity index (χ1v) is 5.17. The minimum absolute atomic E-state index is 0. The zero-order valence-corrected chi connectivity index (χ0v) is 10.4. The fourth-order valence-corrected chi connectivity index (χ4v) is 1.39. The molecule has 2 N–H and O–H groups in total. The van der Waals surface area contributed by atoms with Crippen molar-refractivity contribution >= 4 is 12.4 Å². The van der Waals surface area contributed by atoms with Gasteiger partial charge in [0.05, 0.1) is 24.3 Å². The van der Waals surface area contributed by atoms with Crippen molar-refractivity contribution in [2.75, 3.05) is 13.7 Å². The lowest BCUT2D eigenvalue weighted by molar-refractivity contribution is 0.264. The standard InChI is InChI=1S/C12H14N2O2.ClH/c1-15-10-3-2-9(7-13)6-11(10)16-8-12(14)4-5-12;/h2-3,6H,4-5,8,14H2,1H3;1H. The van der Waals surface area contributed by atoms with Gasteiger partial charge in [-0.25, -0.2) is 0 Å². The van der Waals surface area contributed by atoms with Gasteiger partial charge in [-0.15, -0.1) is 12.4 Å². The summed E-state index contributed by atoms with van der Waals surface area (Å²) < 4.78 is 10.8. The van der Waals surface area contributed by atoms with Crippen LogP contribution in [0.1, 0.15) is 18.4 Å². The second-order valence-corrected chi connectivity index (χ2v) is 4.13. The summed E-state index contributed by atoms with van der Waals surface area (Å²) in [7, 11) is 1.57. The summed E-state index contributed by atoms with van der Waals surface area (Å²) in [6.45, 7) is 0.470. The average molecular weight is 255 g/mol. The molecule has 4 nitrogen and oxygen atoms in total. The van der Waals surface area contributed by atoms with E-state index in [1.54, 1.807) is 25.3 Å². The van der Waals surface area contributed by atoms with E-state index in [0.29, 0.717) is 23.7 Å². The third kappa shape index (κ3) is 3.26. The number of rotatable bonds is 4. The first-order valence-electron chi connectivity index (χ1n) is 5.17. The molecule has 5 heteroatoms. The molecule has 1 aromatic rings. The van der Waals surface area contributed by atoms with E-state index in [-0.39, 0.29) is 17.9 Å². The molecule has 0 atom stereocenters. The second kappa shape index (κ2) is 5.26. The highest BCUT2D eigenvalue weighted by atomic mass is 35.5. The van der Waals surface area contributed by atoms with Crippen molar-refractivity contribution in [3.8, 4) is 17.6 Å². The lowest BCUT2D eigenvalue weighted by Crippen LogP contribution is -2.29. The van der Waals surface area contributed by atoms with Crippen molar-refractivity contribution in [3.63, 3.8) is 0 Å². The van der Waals surface area contributed by atoms with Gasteiger partial charge in [0, 0.05) is 6.07 Å². The largest absolute Gasteiger partial charge is 0.493 e. The summed E-state index contributed by atoms with van der Waals surface area (Å²) in [6, 6.07) is 7.16. The Balaban J connectivity index is 0.00000144. The molecule has 92 valence electrons. The molecule has 0 saturated heterocycles. The number of nitrogens with zero attached hydrogens (tertiary/aromatic N) is 1. The molecule has 0 heterocycles. The van der Waals surface area contributed by atoms with Crippen molar-refractivity contribution in [1.82, 2.24) is 0 Å². The molecule has 1 aromatic carbocycles. The molecule has 0 aromatic heterocycles. The molecule has 0 bridgehead atoms. The van der Waals surface area contributed by atoms with Crippen LogP contribution in [0.15, 0.2) is 18.2 Å². The SMILES string of the molecule is COc1ccc(C#N)cc1OCC1(N)CC1.Cl. The number of methoxy groups -OCH3 is 1. The van der Waals surface area contributed by atoms with Crippen LogP contribution in [0.2, 0.25) is 0 Å². The van der Waals surface area contributed by atoms with Gasteiger partial charge in [-0.05, 0) is 25.0 Å². The summed E-state index contributed by atoms with van der Waals surface area (Å²) in [6.07, 6.45) is 1.99. The Hall–Kier alpha value is -1.44. The van der Waals surface area contributed by atoms with Gasteiger partial charge in [0.25, 0.3) is 0 Å². The Morgan fingerprint density at radius 1 is 1.41 bits per heavy atom. The van der Waals surface area contributed by atoms with Crippen molar-refractivity contribution in [1.29, 1.82) is 5.26 Å². The first-order chi connectivity index (χ1) is 7.67. The number of hydrogen-bond donors (Lipinski definition) is 1. The molecule has 1 aliphatic rings. The van der Waals surface area contributed by atoms with Gasteiger partial charge >= 0.3 is 0 Å². The van der Waals surface area contributed by atoms with E-state index < -0.39 is 0 Å². The van der Waals surface area contributed by atoms with Crippen LogP contribution >= 0.6 is 12.4 Å². The highest BCUT2D eigenvalue weighted by molar-refractivity contribution is 5.85. The molecule has 0 radical (unpaired) electrons. The molecule has 1 aliphatic carbocycles. The van der Waals surface area contributed by atoms with Gasteiger partial charge < -0.3 is 15.2 Å². The van der Waals surface area contributed by atoms with E-state index in [2.05, 4.69) is 6.07 Å². The Morgan fingerprint density at radius 3 is 2.65 bits per heavy atom. The van der Waals surface area contributed by atoms with Gasteiger partial charge in [-0.2, -0.15) is 5.26 Å². The molecular weight excluding hydrogens is 240 g/mol. The van der Waals surface area contributed by atoms with Crippen LogP contribution in [-0.4, -0.2) is 19.3 Å². The molecule has 0 amide bonds. The van der Waals surface area contributed by atoms with Gasteiger partial charge in [0.2, 0.25) is 0 Å². The number of nitriles is 1. The van der Waals surface area contributed by atoms with Crippen molar-refractivity contribution in [2.45, 2.75) is 18.4 Å². The zero-order chi connectivity index (χ0) is 11.6. The van der Waals surface area contributed by atoms with Crippen LogP contribution in [0.4, 0.5) is 0 Å². The first kappa shape index (κ1) is 13.6. The van der Waals surface area contributed by atoms with Gasteiger partial charge in [-0.1, -0.05) is 0 Å². The van der Waals surface area contributed by atoms with E-state index in [1.807, 2.05) is 0 Å². The summed E-state index contributed by atoms with van der Waals surface area (Å²) in [4.78, 5) is 0. The lowest BCUT2D eigenvalue weighted by Gasteiger charge is -2.13. The second-order valence-electron chi connectivity index (χ2n) is 4.13. The number of ether oxygens (including phenoxy) is 2. The molecule has 2 rings (SSSR count). The van der Waals surface area contributed by atoms with Crippen LogP contribution in [0, 0.1) is 11.3 Å². The quantitative estimate of drug-likeness (QED) is 0.891. The minimum atomic E-state index is -0.173. The van der Waals surface area contributed by atoms with E-state index in [9.17, 15) is 0 Å². The van der Waals surface area contributed by atoms with E-state index in [4.69, 9.17) is 20.5 Å². The number of nitrogens with two attached hydrogens (primary N) is 1. The molecule has 0 aliphatic heterocycles. The van der Waals surface area contributed by atoms with Gasteiger partial charge in [0.15, 0.2) is 11.5 Å². The lowest BCUT2D eigenvalue weighted by atomic mass is 10.2. The summed E-state index contributed by atoms with van der Waals surface area (Å²) in [5.74, 6) is 1.21. The highest BCUT2D eigenvalue weighted by Crippen LogP contribution is 2.35. The zero-order valence-electron chi connectivity index (χ0n) is 9.60. The predicted molar refractivity (Wildman–Crippen MR) is 66.6 cm³/mol. The highest BCUT2D eigenvalue weighted by Gasteiger charge is 2.39. The van der Waals surface area contributed by atoms with Crippen molar-refractivity contribution < 1.29 is 9.47 Å². The maximum atomic E-state index is 8.80. The topological polar surface area (TPSA) is 68.3 Å². The Morgan fingerprint density at radius 2 is 2.12 bits per heavy atom. The number of benzene rings is 1. The molecular formula is C12H15ClN2O2. The fraction of sp³-hybridized carbons (Fsp3) is 0.417. The molecule has 17 heavy (non-hydrogen) atoms. The number of halogens is 1. The predicted octanol–water partition coefficient (Wildman–Crippen LogP) is 1.86. The summed E-state index contributed by atoms with van der Waals surface area (Å²) in [5, 5.41) is 8.80. The van der Waals surface area contributed by atoms with E-state index in [1.165, 1.54) is 0 Å². The molecule has 1 saturated carbocycles. The average Bonchev–Trinajstić information content (AvgIpc) is 3.05. The normalized spacial score (nSPS) is 15.4. The van der Waals surface area contributed by atoms with Crippen LogP contribution in [0.3, 0.4) is 0 Å². The smallest absolute Gasteiger partial charge is 0.162 e. The Bertz CT molecular complexity index is 439. The molecule has 0 spiro atoms. The molecule has 1 fully saturated rings. The summed E-state index contributed by atoms with van der Waals surface area (Å²) in [5.41, 5.74) is 6.31. The van der Waals surface area contributed by atoms with E-state index >= 15 is 0 Å². The number of hydrogen-bond acceptors (Lipinski definition) is 4. The third-order valence-electron chi connectivity index (χ3n) is 2.70.